The van der Waals surface area contributed by atoms with Crippen LogP contribution in [-0.4, -0.2) is 37.0 Å². The van der Waals surface area contributed by atoms with E-state index < -0.39 is 5.79 Å². The molecule has 2 heterocycles. The molecule has 18 heavy (non-hydrogen) atoms. The topological polar surface area (TPSA) is 21.7 Å². The fourth-order valence-corrected chi connectivity index (χ4v) is 2.79. The third-order valence-electron chi connectivity index (χ3n) is 3.48. The highest BCUT2D eigenvalue weighted by Crippen LogP contribution is 2.31. The van der Waals surface area contributed by atoms with Crippen molar-refractivity contribution in [3.8, 4) is 0 Å². The average molecular weight is 272 g/mol. The van der Waals surface area contributed by atoms with Crippen LogP contribution in [0.2, 0.25) is 5.02 Å². The lowest BCUT2D eigenvalue weighted by Crippen LogP contribution is -2.34. The quantitative estimate of drug-likeness (QED) is 0.825. The van der Waals surface area contributed by atoms with E-state index in [0.717, 1.165) is 31.6 Å². The number of rotatable bonds is 2. The van der Waals surface area contributed by atoms with Gasteiger partial charge in [0.05, 0.1) is 24.8 Å². The van der Waals surface area contributed by atoms with Crippen molar-refractivity contribution in [3.63, 3.8) is 0 Å². The molecule has 1 aromatic carbocycles. The maximum atomic E-state index is 13.1. The first-order chi connectivity index (χ1) is 8.67. The van der Waals surface area contributed by atoms with Crippen LogP contribution in [0, 0.1) is 5.82 Å². The van der Waals surface area contributed by atoms with Crippen LogP contribution in [0.3, 0.4) is 0 Å². The summed E-state index contributed by atoms with van der Waals surface area (Å²) in [6.07, 6.45) is 0.891. The van der Waals surface area contributed by atoms with Crippen LogP contribution in [0.25, 0.3) is 0 Å². The van der Waals surface area contributed by atoms with Gasteiger partial charge in [-0.3, -0.25) is 4.90 Å². The van der Waals surface area contributed by atoms with E-state index in [4.69, 9.17) is 21.1 Å². The minimum atomic E-state index is -0.399. The SMILES string of the molecule is Fc1ccc(CN2CCC3(C2)OCCO3)cc1Cl. The number of likely N-dealkylation sites (tertiary alicyclic amines) is 1. The van der Waals surface area contributed by atoms with E-state index >= 15 is 0 Å². The van der Waals surface area contributed by atoms with Crippen LogP contribution in [-0.2, 0) is 16.0 Å². The predicted octanol–water partition coefficient (Wildman–Crippen LogP) is 2.43. The van der Waals surface area contributed by atoms with Gasteiger partial charge >= 0.3 is 0 Å². The molecule has 5 heteroatoms. The monoisotopic (exact) mass is 271 g/mol. The van der Waals surface area contributed by atoms with Gasteiger partial charge in [0.2, 0.25) is 0 Å². The summed E-state index contributed by atoms with van der Waals surface area (Å²) in [4.78, 5) is 2.24. The second kappa shape index (κ2) is 4.78. The van der Waals surface area contributed by atoms with Crippen molar-refractivity contribution in [1.82, 2.24) is 4.90 Å². The molecule has 2 aliphatic rings. The van der Waals surface area contributed by atoms with Gasteiger partial charge in [-0.15, -0.1) is 0 Å². The molecule has 3 nitrogen and oxygen atoms in total. The van der Waals surface area contributed by atoms with E-state index in [9.17, 15) is 4.39 Å². The van der Waals surface area contributed by atoms with E-state index in [1.165, 1.54) is 6.07 Å². The maximum absolute atomic E-state index is 13.1. The summed E-state index contributed by atoms with van der Waals surface area (Å²) >= 11 is 5.78. The molecule has 3 rings (SSSR count). The van der Waals surface area contributed by atoms with Crippen LogP contribution in [0.1, 0.15) is 12.0 Å². The highest BCUT2D eigenvalue weighted by atomic mass is 35.5. The Morgan fingerprint density at radius 2 is 2.11 bits per heavy atom. The van der Waals surface area contributed by atoms with Gasteiger partial charge in [-0.05, 0) is 17.7 Å². The third-order valence-corrected chi connectivity index (χ3v) is 3.77. The summed E-state index contributed by atoms with van der Waals surface area (Å²) in [5.74, 6) is -0.773. The van der Waals surface area contributed by atoms with Crippen molar-refractivity contribution in [2.75, 3.05) is 26.3 Å². The molecule has 0 atom stereocenters. The number of ether oxygens (including phenoxy) is 2. The summed E-state index contributed by atoms with van der Waals surface area (Å²) in [6, 6.07) is 4.85. The van der Waals surface area contributed by atoms with Crippen molar-refractivity contribution in [2.45, 2.75) is 18.8 Å². The van der Waals surface area contributed by atoms with E-state index in [-0.39, 0.29) is 10.8 Å². The molecule has 0 bridgehead atoms. The van der Waals surface area contributed by atoms with Crippen LogP contribution >= 0.6 is 11.6 Å². The molecule has 1 spiro atoms. The van der Waals surface area contributed by atoms with E-state index in [1.807, 2.05) is 0 Å². The van der Waals surface area contributed by atoms with E-state index in [0.29, 0.717) is 13.2 Å². The molecule has 0 saturated carbocycles. The first-order valence-electron chi connectivity index (χ1n) is 6.11. The summed E-state index contributed by atoms with van der Waals surface area (Å²) in [5.41, 5.74) is 1.01. The lowest BCUT2D eigenvalue weighted by Gasteiger charge is -2.22. The summed E-state index contributed by atoms with van der Waals surface area (Å²) < 4.78 is 24.4. The normalized spacial score (nSPS) is 23.0. The Labute approximate surface area is 110 Å². The first-order valence-corrected chi connectivity index (χ1v) is 6.49. The van der Waals surface area contributed by atoms with Crippen molar-refractivity contribution in [2.24, 2.45) is 0 Å². The smallest absolute Gasteiger partial charge is 0.182 e. The van der Waals surface area contributed by atoms with Gasteiger partial charge in [0.15, 0.2) is 5.79 Å². The zero-order chi connectivity index (χ0) is 12.6. The Hall–Kier alpha value is -0.680. The fraction of sp³-hybridized carbons (Fsp3) is 0.538. The van der Waals surface area contributed by atoms with Gasteiger partial charge in [-0.1, -0.05) is 17.7 Å². The molecule has 0 aliphatic carbocycles. The summed E-state index contributed by atoms with van der Waals surface area (Å²) in [7, 11) is 0. The highest BCUT2D eigenvalue weighted by Gasteiger charge is 2.42. The summed E-state index contributed by atoms with van der Waals surface area (Å²) in [6.45, 7) is 3.79. The first kappa shape index (κ1) is 12.4. The molecule has 1 aromatic rings. The minimum absolute atomic E-state index is 0.176. The van der Waals surface area contributed by atoms with Gasteiger partial charge in [-0.25, -0.2) is 4.39 Å². The molecule has 2 saturated heterocycles. The number of hydrogen-bond acceptors (Lipinski definition) is 3. The second-order valence-electron chi connectivity index (χ2n) is 4.82. The van der Waals surface area contributed by atoms with E-state index in [1.54, 1.807) is 12.1 Å². The number of nitrogens with zero attached hydrogens (tertiary/aromatic N) is 1. The lowest BCUT2D eigenvalue weighted by molar-refractivity contribution is -0.145. The Morgan fingerprint density at radius 3 is 2.83 bits per heavy atom. The van der Waals surface area contributed by atoms with Gasteiger partial charge < -0.3 is 9.47 Å². The molecule has 2 fully saturated rings. The third kappa shape index (κ3) is 2.38. The predicted molar refractivity (Wildman–Crippen MR) is 65.9 cm³/mol. The second-order valence-corrected chi connectivity index (χ2v) is 5.22. The fourth-order valence-electron chi connectivity index (χ4n) is 2.59. The lowest BCUT2D eigenvalue weighted by atomic mass is 10.2. The molecular formula is C13H15ClFNO2. The zero-order valence-electron chi connectivity index (χ0n) is 9.99. The van der Waals surface area contributed by atoms with Gasteiger partial charge in [0, 0.05) is 19.5 Å². The van der Waals surface area contributed by atoms with Gasteiger partial charge in [0.25, 0.3) is 0 Å². The largest absolute Gasteiger partial charge is 0.346 e. The zero-order valence-corrected chi connectivity index (χ0v) is 10.8. The molecule has 2 aliphatic heterocycles. The van der Waals surface area contributed by atoms with Crippen LogP contribution in [0.4, 0.5) is 4.39 Å². The maximum Gasteiger partial charge on any atom is 0.182 e. The van der Waals surface area contributed by atoms with Crippen LogP contribution < -0.4 is 0 Å². The standard InChI is InChI=1S/C13H15ClFNO2/c14-11-7-10(1-2-12(11)15)8-16-4-3-13(9-16)17-5-6-18-13/h1-2,7H,3-6,8-9H2. The Morgan fingerprint density at radius 1 is 1.33 bits per heavy atom. The van der Waals surface area contributed by atoms with Gasteiger partial charge in [-0.2, -0.15) is 0 Å². The van der Waals surface area contributed by atoms with E-state index in [2.05, 4.69) is 4.90 Å². The molecule has 0 amide bonds. The molecule has 0 radical (unpaired) electrons. The van der Waals surface area contributed by atoms with Gasteiger partial charge in [0.1, 0.15) is 5.82 Å². The molecule has 0 aromatic heterocycles. The molecule has 98 valence electrons. The van der Waals surface area contributed by atoms with Crippen molar-refractivity contribution in [1.29, 1.82) is 0 Å². The minimum Gasteiger partial charge on any atom is -0.346 e. The molecular weight excluding hydrogens is 257 g/mol. The van der Waals surface area contributed by atoms with Crippen LogP contribution in [0.5, 0.6) is 0 Å². The summed E-state index contributed by atoms with van der Waals surface area (Å²) in [5, 5.41) is 0.176. The van der Waals surface area contributed by atoms with Crippen LogP contribution in [0.15, 0.2) is 18.2 Å². The van der Waals surface area contributed by atoms with Crippen molar-refractivity contribution >= 4 is 11.6 Å². The van der Waals surface area contributed by atoms with Crippen molar-refractivity contribution < 1.29 is 13.9 Å². The van der Waals surface area contributed by atoms with Crippen molar-refractivity contribution in [3.05, 3.63) is 34.6 Å². The Bertz CT molecular complexity index is 449. The number of halogens is 2. The molecule has 0 N–H and O–H groups in total. The number of benzene rings is 1. The highest BCUT2D eigenvalue weighted by molar-refractivity contribution is 6.30. The Kier molecular flexibility index (Phi) is 3.28. The Balaban J connectivity index is 1.65. The molecule has 0 unspecified atom stereocenters. The average Bonchev–Trinajstić information content (AvgIpc) is 2.96. The number of hydrogen-bond donors (Lipinski definition) is 0.